The molecule has 0 spiro atoms. The maximum Gasteiger partial charge on any atom is 0.180 e. The van der Waals surface area contributed by atoms with Crippen molar-refractivity contribution in [2.75, 3.05) is 26.2 Å². The molecule has 0 saturated carbocycles. The van der Waals surface area contributed by atoms with Crippen LogP contribution >= 0.6 is 0 Å². The second-order valence-corrected chi connectivity index (χ2v) is 5.82. The molecule has 0 aliphatic heterocycles. The highest BCUT2D eigenvalue weighted by molar-refractivity contribution is 7.91. The highest BCUT2D eigenvalue weighted by atomic mass is 32.2. The molecule has 0 fully saturated rings. The van der Waals surface area contributed by atoms with Crippen molar-refractivity contribution >= 4 is 15.6 Å². The summed E-state index contributed by atoms with van der Waals surface area (Å²) in [4.78, 5) is 11.6. The molecule has 100 valence electrons. The lowest BCUT2D eigenvalue weighted by Crippen LogP contribution is -2.16. The van der Waals surface area contributed by atoms with Gasteiger partial charge in [-0.25, -0.2) is 12.8 Å². The predicted molar refractivity (Wildman–Crippen MR) is 63.5 cm³/mol. The molecular formula is C11H13FO5S. The first-order valence-electron chi connectivity index (χ1n) is 4.91. The van der Waals surface area contributed by atoms with E-state index in [4.69, 9.17) is 9.47 Å². The molecule has 7 heteroatoms. The SMILES string of the molecule is COc1cc(F)c(C(=O)CS(C)(=O)=O)cc1OC. The molecule has 0 amide bonds. The van der Waals surface area contributed by atoms with E-state index in [2.05, 4.69) is 0 Å². The molecule has 5 nitrogen and oxygen atoms in total. The number of hydrogen-bond acceptors (Lipinski definition) is 5. The number of carbonyl (C=O) groups excluding carboxylic acids is 1. The van der Waals surface area contributed by atoms with Crippen molar-refractivity contribution in [1.82, 2.24) is 0 Å². The first-order valence-corrected chi connectivity index (χ1v) is 6.97. The lowest BCUT2D eigenvalue weighted by molar-refractivity contribution is 0.101. The minimum atomic E-state index is -3.51. The van der Waals surface area contributed by atoms with E-state index < -0.39 is 27.2 Å². The smallest absolute Gasteiger partial charge is 0.180 e. The molecule has 0 saturated heterocycles. The van der Waals surface area contributed by atoms with Crippen molar-refractivity contribution in [1.29, 1.82) is 0 Å². The van der Waals surface area contributed by atoms with Gasteiger partial charge < -0.3 is 9.47 Å². The number of ketones is 1. The van der Waals surface area contributed by atoms with E-state index in [1.165, 1.54) is 14.2 Å². The third-order valence-electron chi connectivity index (χ3n) is 2.17. The first kappa shape index (κ1) is 14.4. The van der Waals surface area contributed by atoms with Crippen LogP contribution in [0.2, 0.25) is 0 Å². The number of Topliss-reactive ketones (excluding diaryl/α,β-unsaturated/α-hetero) is 1. The molecule has 0 aliphatic carbocycles. The van der Waals surface area contributed by atoms with E-state index in [1.807, 2.05) is 0 Å². The lowest BCUT2D eigenvalue weighted by Gasteiger charge is -2.10. The summed E-state index contributed by atoms with van der Waals surface area (Å²) in [5, 5.41) is 0. The molecule has 1 aromatic carbocycles. The van der Waals surface area contributed by atoms with Gasteiger partial charge >= 0.3 is 0 Å². The molecule has 0 aliphatic rings. The summed E-state index contributed by atoms with van der Waals surface area (Å²) >= 11 is 0. The van der Waals surface area contributed by atoms with Crippen LogP contribution in [0.15, 0.2) is 12.1 Å². The fraction of sp³-hybridized carbons (Fsp3) is 0.364. The third kappa shape index (κ3) is 3.43. The van der Waals surface area contributed by atoms with Crippen LogP contribution in [0.25, 0.3) is 0 Å². The highest BCUT2D eigenvalue weighted by Crippen LogP contribution is 2.30. The Hall–Kier alpha value is -1.63. The number of rotatable bonds is 5. The molecular weight excluding hydrogens is 263 g/mol. The third-order valence-corrected chi connectivity index (χ3v) is 2.95. The van der Waals surface area contributed by atoms with Gasteiger partial charge in [-0.2, -0.15) is 0 Å². The number of ether oxygens (including phenoxy) is 2. The van der Waals surface area contributed by atoms with Gasteiger partial charge in [-0.1, -0.05) is 0 Å². The molecule has 0 atom stereocenters. The molecule has 0 aromatic heterocycles. The van der Waals surface area contributed by atoms with Crippen molar-refractivity contribution in [3.8, 4) is 11.5 Å². The van der Waals surface area contributed by atoms with Gasteiger partial charge in [-0.15, -0.1) is 0 Å². The van der Waals surface area contributed by atoms with Crippen molar-refractivity contribution in [3.63, 3.8) is 0 Å². The summed E-state index contributed by atoms with van der Waals surface area (Å²) in [6.45, 7) is 0. The molecule has 0 N–H and O–H groups in total. The maximum atomic E-state index is 13.6. The van der Waals surface area contributed by atoms with Gasteiger partial charge in [-0.05, 0) is 6.07 Å². The zero-order chi connectivity index (χ0) is 13.9. The van der Waals surface area contributed by atoms with Gasteiger partial charge in [0.05, 0.1) is 19.8 Å². The molecule has 0 unspecified atom stereocenters. The Bertz CT molecular complexity index is 565. The normalized spacial score (nSPS) is 11.1. The van der Waals surface area contributed by atoms with Gasteiger partial charge in [0, 0.05) is 12.3 Å². The minimum absolute atomic E-state index is 0.130. The monoisotopic (exact) mass is 276 g/mol. The average Bonchev–Trinajstić information content (AvgIpc) is 2.26. The standard InChI is InChI=1S/C11H13FO5S/c1-16-10-4-7(8(12)5-11(10)17-2)9(13)6-18(3,14)15/h4-5H,6H2,1-3H3. The van der Waals surface area contributed by atoms with E-state index in [0.29, 0.717) is 0 Å². The molecule has 1 aromatic rings. The number of methoxy groups -OCH3 is 2. The number of halogens is 1. The summed E-state index contributed by atoms with van der Waals surface area (Å²) in [5.74, 6) is -2.13. The Morgan fingerprint density at radius 2 is 1.72 bits per heavy atom. The molecule has 0 radical (unpaired) electrons. The molecule has 0 heterocycles. The van der Waals surface area contributed by atoms with Gasteiger partial charge in [-0.3, -0.25) is 4.79 Å². The van der Waals surface area contributed by atoms with Crippen LogP contribution in [0.1, 0.15) is 10.4 Å². The van der Waals surface area contributed by atoms with Gasteiger partial charge in [0.2, 0.25) is 0 Å². The number of hydrogen-bond donors (Lipinski definition) is 0. The van der Waals surface area contributed by atoms with Crippen LogP contribution in [-0.4, -0.2) is 40.4 Å². The van der Waals surface area contributed by atoms with E-state index in [0.717, 1.165) is 18.4 Å². The summed E-state index contributed by atoms with van der Waals surface area (Å²) in [7, 11) is -0.849. The molecule has 1 rings (SSSR count). The molecule has 18 heavy (non-hydrogen) atoms. The largest absolute Gasteiger partial charge is 0.493 e. The quantitative estimate of drug-likeness (QED) is 0.752. The minimum Gasteiger partial charge on any atom is -0.493 e. The Morgan fingerprint density at radius 1 is 1.22 bits per heavy atom. The van der Waals surface area contributed by atoms with Crippen LogP contribution in [0.3, 0.4) is 0 Å². The van der Waals surface area contributed by atoms with Crippen LogP contribution in [0.5, 0.6) is 11.5 Å². The van der Waals surface area contributed by atoms with Crippen LogP contribution in [0, 0.1) is 5.82 Å². The number of benzene rings is 1. The van der Waals surface area contributed by atoms with Crippen molar-refractivity contribution in [2.24, 2.45) is 0 Å². The second kappa shape index (κ2) is 5.34. The fourth-order valence-corrected chi connectivity index (χ4v) is 2.02. The predicted octanol–water partition coefficient (Wildman–Crippen LogP) is 1.07. The highest BCUT2D eigenvalue weighted by Gasteiger charge is 2.20. The van der Waals surface area contributed by atoms with E-state index in [-0.39, 0.29) is 17.1 Å². The van der Waals surface area contributed by atoms with Crippen LogP contribution in [-0.2, 0) is 9.84 Å². The Kier molecular flexibility index (Phi) is 4.28. The van der Waals surface area contributed by atoms with Crippen LogP contribution in [0.4, 0.5) is 4.39 Å². The van der Waals surface area contributed by atoms with Crippen molar-refractivity contribution in [3.05, 3.63) is 23.5 Å². The van der Waals surface area contributed by atoms with Gasteiger partial charge in [0.15, 0.2) is 27.1 Å². The van der Waals surface area contributed by atoms with Crippen LogP contribution < -0.4 is 9.47 Å². The summed E-state index contributed by atoms with van der Waals surface area (Å²) < 4.78 is 45.4. The van der Waals surface area contributed by atoms with Gasteiger partial charge in [0.1, 0.15) is 11.6 Å². The van der Waals surface area contributed by atoms with Crippen molar-refractivity contribution in [2.45, 2.75) is 0 Å². The van der Waals surface area contributed by atoms with Gasteiger partial charge in [0.25, 0.3) is 0 Å². The van der Waals surface area contributed by atoms with E-state index in [9.17, 15) is 17.6 Å². The lowest BCUT2D eigenvalue weighted by atomic mass is 10.1. The summed E-state index contributed by atoms with van der Waals surface area (Å²) in [6.07, 6.45) is 0.906. The number of sulfone groups is 1. The summed E-state index contributed by atoms with van der Waals surface area (Å²) in [5.41, 5.74) is -0.335. The summed E-state index contributed by atoms with van der Waals surface area (Å²) in [6, 6.07) is 2.11. The van der Waals surface area contributed by atoms with E-state index >= 15 is 0 Å². The Morgan fingerprint density at radius 3 is 2.17 bits per heavy atom. The Balaban J connectivity index is 3.21. The molecule has 0 bridgehead atoms. The Labute approximate surface area is 104 Å². The number of carbonyl (C=O) groups is 1. The first-order chi connectivity index (χ1) is 8.28. The second-order valence-electron chi connectivity index (χ2n) is 3.68. The van der Waals surface area contributed by atoms with Crippen molar-refractivity contribution < 1.29 is 27.1 Å². The van der Waals surface area contributed by atoms with E-state index in [1.54, 1.807) is 0 Å². The maximum absolute atomic E-state index is 13.6. The zero-order valence-corrected chi connectivity index (χ0v) is 11.0. The average molecular weight is 276 g/mol. The fourth-order valence-electron chi connectivity index (χ4n) is 1.38. The zero-order valence-electron chi connectivity index (χ0n) is 10.2. The topological polar surface area (TPSA) is 69.7 Å².